The molecule has 1 spiro atoms. The SMILES string of the molecule is CCOC(=O)[C@@H]1[C@@H]2CCC3(S2)C(C(=O)NCc2ccccc2)N([C@H](CO)c2ccccc2)C(=O)[C@H]13. The van der Waals surface area contributed by atoms with Crippen molar-refractivity contribution in [2.24, 2.45) is 11.8 Å². The van der Waals surface area contributed by atoms with Gasteiger partial charge in [0.05, 0.1) is 35.8 Å². The van der Waals surface area contributed by atoms with E-state index in [1.54, 1.807) is 23.6 Å². The van der Waals surface area contributed by atoms with Gasteiger partial charge in [-0.3, -0.25) is 14.4 Å². The van der Waals surface area contributed by atoms with Crippen molar-refractivity contribution in [2.75, 3.05) is 13.2 Å². The third kappa shape index (κ3) is 3.93. The molecule has 3 aliphatic rings. The lowest BCUT2D eigenvalue weighted by atomic mass is 9.71. The van der Waals surface area contributed by atoms with Crippen LogP contribution in [0.2, 0.25) is 0 Å². The number of fused-ring (bicyclic) bond motifs is 1. The van der Waals surface area contributed by atoms with E-state index < -0.39 is 28.7 Å². The fourth-order valence-electron chi connectivity index (χ4n) is 6.14. The lowest BCUT2D eigenvalue weighted by molar-refractivity contribution is -0.154. The molecule has 0 saturated carbocycles. The maximum absolute atomic E-state index is 14.1. The van der Waals surface area contributed by atoms with E-state index in [1.807, 2.05) is 60.7 Å². The summed E-state index contributed by atoms with van der Waals surface area (Å²) in [6, 6.07) is 17.4. The molecule has 2 unspecified atom stereocenters. The molecule has 3 heterocycles. The molecule has 2 aromatic rings. The Hall–Kier alpha value is -2.84. The van der Waals surface area contributed by atoms with Crippen molar-refractivity contribution >= 4 is 29.5 Å². The van der Waals surface area contributed by atoms with E-state index in [9.17, 15) is 19.5 Å². The first-order valence-electron chi connectivity index (χ1n) is 12.2. The molecule has 2 amide bonds. The number of amides is 2. The topological polar surface area (TPSA) is 95.9 Å². The summed E-state index contributed by atoms with van der Waals surface area (Å²) < 4.78 is 4.65. The molecule has 0 radical (unpaired) electrons. The van der Waals surface area contributed by atoms with Gasteiger partial charge in [-0.2, -0.15) is 0 Å². The number of likely N-dealkylation sites (tertiary alicyclic amines) is 1. The predicted octanol–water partition coefficient (Wildman–Crippen LogP) is 2.69. The van der Waals surface area contributed by atoms with Crippen LogP contribution in [-0.4, -0.2) is 57.0 Å². The van der Waals surface area contributed by atoms with Crippen LogP contribution < -0.4 is 5.32 Å². The number of hydrogen-bond acceptors (Lipinski definition) is 6. The third-order valence-electron chi connectivity index (χ3n) is 7.55. The Kier molecular flexibility index (Phi) is 6.59. The normalized spacial score (nSPS) is 29.7. The van der Waals surface area contributed by atoms with Gasteiger partial charge in [0.2, 0.25) is 11.8 Å². The Bertz CT molecular complexity index is 1100. The Balaban J connectivity index is 1.53. The largest absolute Gasteiger partial charge is 0.466 e. The first kappa shape index (κ1) is 23.9. The zero-order chi connectivity index (χ0) is 24.6. The van der Waals surface area contributed by atoms with Crippen LogP contribution in [0.5, 0.6) is 0 Å². The Morgan fingerprint density at radius 2 is 1.86 bits per heavy atom. The Morgan fingerprint density at radius 3 is 2.51 bits per heavy atom. The average molecular weight is 495 g/mol. The number of ether oxygens (including phenoxy) is 1. The van der Waals surface area contributed by atoms with E-state index >= 15 is 0 Å². The van der Waals surface area contributed by atoms with Crippen molar-refractivity contribution < 1.29 is 24.2 Å². The summed E-state index contributed by atoms with van der Waals surface area (Å²) in [6.07, 6.45) is 1.42. The van der Waals surface area contributed by atoms with Crippen LogP contribution in [0, 0.1) is 11.8 Å². The molecule has 0 aromatic heterocycles. The van der Waals surface area contributed by atoms with Crippen molar-refractivity contribution in [2.45, 2.75) is 48.4 Å². The maximum atomic E-state index is 14.1. The fourth-order valence-corrected chi connectivity index (χ4v) is 8.34. The van der Waals surface area contributed by atoms with Crippen molar-refractivity contribution in [3.63, 3.8) is 0 Å². The van der Waals surface area contributed by atoms with Gasteiger partial charge in [0, 0.05) is 11.8 Å². The number of rotatable bonds is 8. The molecule has 5 rings (SSSR count). The molecule has 3 aliphatic heterocycles. The highest BCUT2D eigenvalue weighted by atomic mass is 32.2. The number of benzene rings is 2. The summed E-state index contributed by atoms with van der Waals surface area (Å²) in [5, 5.41) is 13.4. The van der Waals surface area contributed by atoms with Gasteiger partial charge in [-0.1, -0.05) is 60.7 Å². The van der Waals surface area contributed by atoms with Gasteiger partial charge in [0.1, 0.15) is 6.04 Å². The highest BCUT2D eigenvalue weighted by Gasteiger charge is 2.74. The molecule has 35 heavy (non-hydrogen) atoms. The number of esters is 1. The van der Waals surface area contributed by atoms with E-state index in [-0.39, 0.29) is 36.2 Å². The third-order valence-corrected chi connectivity index (χ3v) is 9.50. The summed E-state index contributed by atoms with van der Waals surface area (Å²) >= 11 is 1.59. The van der Waals surface area contributed by atoms with E-state index in [2.05, 4.69) is 5.32 Å². The van der Waals surface area contributed by atoms with Crippen LogP contribution >= 0.6 is 11.8 Å². The number of carbonyl (C=O) groups is 3. The standard InChI is InChI=1S/C27H30N2O5S/c1-2-34-26(33)21-20-13-14-27(35-20)22(21)25(32)29(19(16-30)18-11-7-4-8-12-18)23(27)24(31)28-15-17-9-5-3-6-10-17/h3-12,19-23,30H,2,13-16H2,1H3,(H,28,31)/t19-,20+,21-,22+,23?,27?/m1/s1. The summed E-state index contributed by atoms with van der Waals surface area (Å²) in [7, 11) is 0. The smallest absolute Gasteiger partial charge is 0.310 e. The van der Waals surface area contributed by atoms with E-state index in [4.69, 9.17) is 4.74 Å². The van der Waals surface area contributed by atoms with Crippen LogP contribution in [0.15, 0.2) is 60.7 Å². The van der Waals surface area contributed by atoms with Gasteiger partial charge in [-0.05, 0) is 30.9 Å². The number of aliphatic hydroxyl groups excluding tert-OH is 1. The first-order valence-corrected chi connectivity index (χ1v) is 13.0. The predicted molar refractivity (Wildman–Crippen MR) is 132 cm³/mol. The molecule has 2 N–H and O–H groups in total. The lowest BCUT2D eigenvalue weighted by Crippen LogP contribution is -2.54. The molecule has 2 bridgehead atoms. The molecule has 2 aromatic carbocycles. The lowest BCUT2D eigenvalue weighted by Gasteiger charge is -2.37. The monoisotopic (exact) mass is 494 g/mol. The summed E-state index contributed by atoms with van der Waals surface area (Å²) in [5.74, 6) is -2.09. The minimum Gasteiger partial charge on any atom is -0.466 e. The van der Waals surface area contributed by atoms with Crippen LogP contribution in [0.3, 0.4) is 0 Å². The number of nitrogens with zero attached hydrogens (tertiary/aromatic N) is 1. The molecule has 8 heteroatoms. The second-order valence-electron chi connectivity index (χ2n) is 9.37. The summed E-state index contributed by atoms with van der Waals surface area (Å²) in [4.78, 5) is 42.4. The van der Waals surface area contributed by atoms with Gasteiger partial charge in [-0.15, -0.1) is 11.8 Å². The van der Waals surface area contributed by atoms with Crippen LogP contribution in [0.25, 0.3) is 0 Å². The minimum atomic E-state index is -0.796. The van der Waals surface area contributed by atoms with E-state index in [0.717, 1.165) is 17.5 Å². The van der Waals surface area contributed by atoms with Crippen molar-refractivity contribution in [3.8, 4) is 0 Å². The molecule has 3 saturated heterocycles. The van der Waals surface area contributed by atoms with Gasteiger partial charge in [0.15, 0.2) is 0 Å². The number of nitrogens with one attached hydrogen (secondary N) is 1. The molecule has 0 aliphatic carbocycles. The molecule has 184 valence electrons. The zero-order valence-electron chi connectivity index (χ0n) is 19.6. The molecular weight excluding hydrogens is 464 g/mol. The number of carbonyl (C=O) groups excluding carboxylic acids is 3. The molecule has 3 fully saturated rings. The minimum absolute atomic E-state index is 0.0427. The molecular formula is C27H30N2O5S. The van der Waals surface area contributed by atoms with Gasteiger partial charge in [-0.25, -0.2) is 0 Å². The zero-order valence-corrected chi connectivity index (χ0v) is 20.4. The second kappa shape index (κ2) is 9.66. The van der Waals surface area contributed by atoms with Gasteiger partial charge < -0.3 is 20.1 Å². The van der Waals surface area contributed by atoms with Gasteiger partial charge in [0.25, 0.3) is 0 Å². The Morgan fingerprint density at radius 1 is 1.17 bits per heavy atom. The number of hydrogen-bond donors (Lipinski definition) is 2. The number of thioether (sulfide) groups is 1. The highest BCUT2D eigenvalue weighted by molar-refractivity contribution is 8.02. The second-order valence-corrected chi connectivity index (χ2v) is 11.0. The van der Waals surface area contributed by atoms with Crippen LogP contribution in [0.1, 0.15) is 36.9 Å². The van der Waals surface area contributed by atoms with Crippen molar-refractivity contribution in [1.29, 1.82) is 0 Å². The fraction of sp³-hybridized carbons (Fsp3) is 0.444. The van der Waals surface area contributed by atoms with Crippen LogP contribution in [0.4, 0.5) is 0 Å². The number of aliphatic hydroxyl groups is 1. The molecule has 7 nitrogen and oxygen atoms in total. The quantitative estimate of drug-likeness (QED) is 0.548. The summed E-state index contributed by atoms with van der Waals surface area (Å²) in [5.41, 5.74) is 1.72. The Labute approximate surface area is 209 Å². The average Bonchev–Trinajstić information content (AvgIpc) is 3.52. The van der Waals surface area contributed by atoms with E-state index in [1.165, 1.54) is 0 Å². The van der Waals surface area contributed by atoms with Crippen LogP contribution in [-0.2, 0) is 25.7 Å². The van der Waals surface area contributed by atoms with E-state index in [0.29, 0.717) is 13.0 Å². The van der Waals surface area contributed by atoms with Crippen molar-refractivity contribution in [3.05, 3.63) is 71.8 Å². The summed E-state index contributed by atoms with van der Waals surface area (Å²) in [6.45, 7) is 2.02. The van der Waals surface area contributed by atoms with Crippen molar-refractivity contribution in [1.82, 2.24) is 10.2 Å². The first-order chi connectivity index (χ1) is 17.0. The molecule has 6 atom stereocenters. The van der Waals surface area contributed by atoms with Gasteiger partial charge >= 0.3 is 5.97 Å². The maximum Gasteiger partial charge on any atom is 0.310 e. The highest BCUT2D eigenvalue weighted by Crippen LogP contribution is 2.67.